The van der Waals surface area contributed by atoms with E-state index in [1.54, 1.807) is 14.0 Å². The Labute approximate surface area is 156 Å². The number of rotatable bonds is 4. The Balaban J connectivity index is 2.20. The molecule has 1 aliphatic carbocycles. The molecule has 0 amide bonds. The van der Waals surface area contributed by atoms with E-state index in [0.717, 1.165) is 29.5 Å². The van der Waals surface area contributed by atoms with Gasteiger partial charge in [-0.2, -0.15) is 0 Å². The van der Waals surface area contributed by atoms with Crippen LogP contribution in [0.15, 0.2) is 12.1 Å². The smallest absolute Gasteiger partial charge is 0.310 e. The largest absolute Gasteiger partial charge is 0.481 e. The van der Waals surface area contributed by atoms with Crippen LogP contribution in [0.5, 0.6) is 0 Å². The molecule has 1 fully saturated rings. The van der Waals surface area contributed by atoms with E-state index in [0.29, 0.717) is 0 Å². The Hall–Kier alpha value is -1.39. The molecule has 26 heavy (non-hydrogen) atoms. The molecule has 4 nitrogen and oxygen atoms in total. The highest BCUT2D eigenvalue weighted by Gasteiger charge is 2.43. The van der Waals surface area contributed by atoms with Crippen LogP contribution in [-0.4, -0.2) is 18.2 Å². The molecule has 1 heterocycles. The first kappa shape index (κ1) is 19.4. The maximum atomic E-state index is 12.0. The Morgan fingerprint density at radius 3 is 2.58 bits per heavy atom. The van der Waals surface area contributed by atoms with Crippen molar-refractivity contribution in [3.8, 4) is 0 Å². The topological polar surface area (TPSA) is 55.8 Å². The number of ether oxygens (including phenoxy) is 2. The van der Waals surface area contributed by atoms with Gasteiger partial charge >= 0.3 is 5.97 Å². The van der Waals surface area contributed by atoms with Gasteiger partial charge in [0.2, 0.25) is 0 Å². The summed E-state index contributed by atoms with van der Waals surface area (Å²) >= 11 is 0. The molecular weight excluding hydrogens is 328 g/mol. The Morgan fingerprint density at radius 2 is 2.00 bits per heavy atom. The van der Waals surface area contributed by atoms with Gasteiger partial charge in [-0.05, 0) is 60.6 Å². The highest BCUT2D eigenvalue weighted by atomic mass is 16.7. The lowest BCUT2D eigenvalue weighted by Crippen LogP contribution is -2.36. The molecule has 1 aliphatic heterocycles. The summed E-state index contributed by atoms with van der Waals surface area (Å²) in [7, 11) is 1.63. The molecule has 1 N–H and O–H groups in total. The van der Waals surface area contributed by atoms with Gasteiger partial charge < -0.3 is 14.6 Å². The number of aliphatic carboxylic acids is 1. The van der Waals surface area contributed by atoms with E-state index in [-0.39, 0.29) is 16.9 Å². The molecule has 0 aromatic heterocycles. The second-order valence-corrected chi connectivity index (χ2v) is 9.19. The standard InChI is InChI=1S/C22H32O4/c1-13(19(23)24)17-16(22(5)11-7-10-21(3,4)12-22)9-8-15-18(17)14(2)26-20(15)25-6/h8-9,13-14,20H,7,10-12H2,1-6H3,(H,23,24)/t13-,14+,20+,22+/m1/s1. The number of hydrogen-bond acceptors (Lipinski definition) is 3. The number of benzene rings is 1. The van der Waals surface area contributed by atoms with Crippen LogP contribution >= 0.6 is 0 Å². The first-order chi connectivity index (χ1) is 12.1. The second-order valence-electron chi connectivity index (χ2n) is 9.19. The molecule has 144 valence electrons. The second kappa shape index (κ2) is 6.65. The van der Waals surface area contributed by atoms with Crippen LogP contribution < -0.4 is 0 Å². The third-order valence-corrected chi connectivity index (χ3v) is 6.43. The fourth-order valence-electron chi connectivity index (χ4n) is 5.36. The summed E-state index contributed by atoms with van der Waals surface area (Å²) in [6.07, 6.45) is 3.99. The van der Waals surface area contributed by atoms with Crippen LogP contribution in [0.2, 0.25) is 0 Å². The highest BCUT2D eigenvalue weighted by Crippen LogP contribution is 2.52. The van der Waals surface area contributed by atoms with E-state index in [2.05, 4.69) is 32.9 Å². The lowest BCUT2D eigenvalue weighted by atomic mass is 9.60. The minimum atomic E-state index is -0.786. The summed E-state index contributed by atoms with van der Waals surface area (Å²) < 4.78 is 11.4. The van der Waals surface area contributed by atoms with Gasteiger partial charge in [0, 0.05) is 12.7 Å². The van der Waals surface area contributed by atoms with E-state index in [9.17, 15) is 9.90 Å². The number of carboxylic acid groups (broad SMARTS) is 1. The van der Waals surface area contributed by atoms with Gasteiger partial charge in [-0.3, -0.25) is 4.79 Å². The average Bonchev–Trinajstić information content (AvgIpc) is 2.88. The van der Waals surface area contributed by atoms with E-state index in [1.165, 1.54) is 18.4 Å². The van der Waals surface area contributed by atoms with Crippen molar-refractivity contribution in [2.45, 2.75) is 84.0 Å². The summed E-state index contributed by atoms with van der Waals surface area (Å²) in [5.74, 6) is -1.35. The van der Waals surface area contributed by atoms with Crippen molar-refractivity contribution < 1.29 is 19.4 Å². The molecule has 2 aliphatic rings. The van der Waals surface area contributed by atoms with Gasteiger partial charge in [-0.1, -0.05) is 39.3 Å². The van der Waals surface area contributed by atoms with Crippen LogP contribution in [0, 0.1) is 5.41 Å². The minimum absolute atomic E-state index is 0.0132. The third kappa shape index (κ3) is 3.18. The summed E-state index contributed by atoms with van der Waals surface area (Å²) in [6, 6.07) is 4.23. The maximum Gasteiger partial charge on any atom is 0.310 e. The molecule has 0 bridgehead atoms. The van der Waals surface area contributed by atoms with Crippen molar-refractivity contribution in [2.24, 2.45) is 5.41 Å². The molecule has 1 saturated carbocycles. The summed E-state index contributed by atoms with van der Waals surface area (Å²) in [5.41, 5.74) is 4.39. The molecular formula is C22H32O4. The van der Waals surface area contributed by atoms with Gasteiger partial charge in [-0.15, -0.1) is 0 Å². The van der Waals surface area contributed by atoms with Crippen molar-refractivity contribution in [2.75, 3.05) is 7.11 Å². The lowest BCUT2D eigenvalue weighted by Gasteiger charge is -2.44. The Kier molecular flexibility index (Phi) is 4.95. The summed E-state index contributed by atoms with van der Waals surface area (Å²) in [4.78, 5) is 12.0. The zero-order chi connectivity index (χ0) is 19.3. The number of carbonyl (C=O) groups is 1. The third-order valence-electron chi connectivity index (χ3n) is 6.43. The molecule has 4 heteroatoms. The fourth-order valence-corrected chi connectivity index (χ4v) is 5.36. The number of fused-ring (bicyclic) bond motifs is 1. The molecule has 1 aromatic carbocycles. The van der Waals surface area contributed by atoms with E-state index >= 15 is 0 Å². The van der Waals surface area contributed by atoms with Crippen LogP contribution in [0.1, 0.15) is 101 Å². The van der Waals surface area contributed by atoms with Crippen LogP contribution in [0.4, 0.5) is 0 Å². The Bertz CT molecular complexity index is 708. The molecule has 1 aromatic rings. The zero-order valence-electron chi connectivity index (χ0n) is 16.9. The van der Waals surface area contributed by atoms with Gasteiger partial charge in [0.05, 0.1) is 12.0 Å². The van der Waals surface area contributed by atoms with Gasteiger partial charge in [0.1, 0.15) is 0 Å². The average molecular weight is 360 g/mol. The first-order valence-electron chi connectivity index (χ1n) is 9.68. The highest BCUT2D eigenvalue weighted by molar-refractivity contribution is 5.77. The molecule has 3 rings (SSSR count). The van der Waals surface area contributed by atoms with Gasteiger partial charge in [0.15, 0.2) is 6.29 Å². The monoisotopic (exact) mass is 360 g/mol. The van der Waals surface area contributed by atoms with Crippen molar-refractivity contribution in [1.82, 2.24) is 0 Å². The number of methoxy groups -OCH3 is 1. The molecule has 0 spiro atoms. The molecule has 0 unspecified atom stereocenters. The van der Waals surface area contributed by atoms with Crippen LogP contribution in [0.25, 0.3) is 0 Å². The quantitative estimate of drug-likeness (QED) is 0.773. The summed E-state index contributed by atoms with van der Waals surface area (Å²) in [5, 5.41) is 9.81. The van der Waals surface area contributed by atoms with E-state index < -0.39 is 18.2 Å². The normalized spacial score (nSPS) is 31.5. The molecule has 0 saturated heterocycles. The van der Waals surface area contributed by atoms with E-state index in [4.69, 9.17) is 9.47 Å². The van der Waals surface area contributed by atoms with Gasteiger partial charge in [-0.25, -0.2) is 0 Å². The van der Waals surface area contributed by atoms with Crippen molar-refractivity contribution in [3.05, 3.63) is 34.4 Å². The molecule has 4 atom stereocenters. The SMILES string of the molecule is CO[C@H]1O[C@@H](C)c2c1ccc([C@@]1(C)CCCC(C)(C)C1)c2[C@@H](C)C(=O)O. The van der Waals surface area contributed by atoms with E-state index in [1.807, 2.05) is 6.92 Å². The van der Waals surface area contributed by atoms with Crippen molar-refractivity contribution in [3.63, 3.8) is 0 Å². The van der Waals surface area contributed by atoms with Crippen LogP contribution in [0.3, 0.4) is 0 Å². The minimum Gasteiger partial charge on any atom is -0.481 e. The Morgan fingerprint density at radius 1 is 1.31 bits per heavy atom. The van der Waals surface area contributed by atoms with Crippen LogP contribution in [-0.2, 0) is 19.7 Å². The predicted molar refractivity (Wildman–Crippen MR) is 101 cm³/mol. The van der Waals surface area contributed by atoms with Crippen molar-refractivity contribution >= 4 is 5.97 Å². The predicted octanol–water partition coefficient (Wildman–Crippen LogP) is 5.47. The first-order valence-corrected chi connectivity index (χ1v) is 9.68. The lowest BCUT2D eigenvalue weighted by molar-refractivity contribution is -0.138. The number of carboxylic acids is 1. The maximum absolute atomic E-state index is 12.0. The van der Waals surface area contributed by atoms with Crippen molar-refractivity contribution in [1.29, 1.82) is 0 Å². The number of hydrogen-bond donors (Lipinski definition) is 1. The summed E-state index contributed by atoms with van der Waals surface area (Å²) in [6.45, 7) is 10.7. The van der Waals surface area contributed by atoms with Gasteiger partial charge in [0.25, 0.3) is 0 Å². The zero-order valence-corrected chi connectivity index (χ0v) is 16.9. The fraction of sp³-hybridized carbons (Fsp3) is 0.682. The molecule has 0 radical (unpaired) electrons.